The Morgan fingerprint density at radius 3 is 1.62 bits per heavy atom. The summed E-state index contributed by atoms with van der Waals surface area (Å²) in [4.78, 5) is 68.6. The molecule has 0 spiro atoms. The normalized spacial score (nSPS) is 14.7. The van der Waals surface area contributed by atoms with Gasteiger partial charge in [-0.05, 0) is 58.0 Å². The molecular formula is C42H63N3O11. The molecule has 1 aliphatic rings. The molecule has 1 fully saturated rings. The maximum atomic E-state index is 13.3. The molecule has 1 atom stereocenters. The Labute approximate surface area is 332 Å². The molecule has 0 bridgehead atoms. The zero-order chi connectivity index (χ0) is 41.8. The van der Waals surface area contributed by atoms with Gasteiger partial charge in [-0.25, -0.2) is 14.4 Å². The molecular weight excluding hydrogens is 722 g/mol. The number of ether oxygens (including phenoxy) is 6. The minimum absolute atomic E-state index is 0.0166. The fourth-order valence-electron chi connectivity index (χ4n) is 5.84. The number of methoxy groups -OCH3 is 1. The second-order valence-corrected chi connectivity index (χ2v) is 14.7. The first-order valence-corrected chi connectivity index (χ1v) is 19.1. The van der Waals surface area contributed by atoms with Crippen LogP contribution in [0.4, 0.5) is 5.69 Å². The highest BCUT2D eigenvalue weighted by Crippen LogP contribution is 2.29. The summed E-state index contributed by atoms with van der Waals surface area (Å²) in [5.74, 6) is -2.24. The third-order valence-electron chi connectivity index (χ3n) is 10.6. The number of anilines is 1. The van der Waals surface area contributed by atoms with Gasteiger partial charge in [-0.15, -0.1) is 0 Å². The summed E-state index contributed by atoms with van der Waals surface area (Å²) in [6.45, 7) is 22.2. The Hall–Kier alpha value is -4.37. The quantitative estimate of drug-likeness (QED) is 0.0541. The van der Waals surface area contributed by atoms with E-state index < -0.39 is 40.2 Å². The summed E-state index contributed by atoms with van der Waals surface area (Å²) in [6, 6.07) is 7.74. The first-order valence-electron chi connectivity index (χ1n) is 19.1. The summed E-state index contributed by atoms with van der Waals surface area (Å²) >= 11 is 0. The first kappa shape index (κ1) is 47.8. The van der Waals surface area contributed by atoms with Crippen LogP contribution in [-0.4, -0.2) is 145 Å². The number of rotatable bonds is 27. The summed E-state index contributed by atoms with van der Waals surface area (Å²) in [5, 5.41) is 0. The summed E-state index contributed by atoms with van der Waals surface area (Å²) in [6.07, 6.45) is 4.16. The average Bonchev–Trinajstić information content (AvgIpc) is 3.22. The van der Waals surface area contributed by atoms with Gasteiger partial charge in [-0.1, -0.05) is 33.6 Å². The third-order valence-corrected chi connectivity index (χ3v) is 10.6. The molecule has 0 amide bonds. The van der Waals surface area contributed by atoms with Gasteiger partial charge in [0, 0.05) is 75.9 Å². The Bertz CT molecular complexity index is 1450. The maximum absolute atomic E-state index is 13.3. The van der Waals surface area contributed by atoms with Gasteiger partial charge in [0.05, 0.1) is 42.6 Å². The van der Waals surface area contributed by atoms with E-state index >= 15 is 0 Å². The standard InChI is InChI=1S/C42H63N3O11/c1-10-35(46)53-29-41(13-4,30-54-36(47)11-2)27-52-28-42(14-5,31-55-37(48)12-3)32-56-38(49)19-20-44-21-23-45(24-22-44)34-17-15-33(16-18-34)39(50)40(6,7)43(8)25-26-51-9/h10-12,15-18H,1-3,13-14,19-32H2,4-9H3. The van der Waals surface area contributed by atoms with Crippen LogP contribution in [0.25, 0.3) is 0 Å². The molecule has 2 rings (SSSR count). The molecule has 1 aromatic rings. The van der Waals surface area contributed by atoms with Crippen LogP contribution in [0.15, 0.2) is 62.2 Å². The van der Waals surface area contributed by atoms with Gasteiger partial charge < -0.3 is 33.3 Å². The number of likely N-dealkylation sites (N-methyl/N-ethyl adjacent to an activating group) is 1. The average molecular weight is 786 g/mol. The number of carbonyl (C=O) groups is 5. The Morgan fingerprint density at radius 2 is 1.20 bits per heavy atom. The minimum Gasteiger partial charge on any atom is -0.465 e. The third kappa shape index (κ3) is 14.9. The van der Waals surface area contributed by atoms with E-state index in [1.165, 1.54) is 0 Å². The van der Waals surface area contributed by atoms with Crippen molar-refractivity contribution in [2.75, 3.05) is 105 Å². The predicted molar refractivity (Wildman–Crippen MR) is 213 cm³/mol. The lowest BCUT2D eigenvalue weighted by molar-refractivity contribution is -0.159. The van der Waals surface area contributed by atoms with Crippen molar-refractivity contribution in [2.24, 2.45) is 10.8 Å². The van der Waals surface area contributed by atoms with Gasteiger partial charge in [-0.3, -0.25) is 19.4 Å². The molecule has 0 saturated carbocycles. The molecule has 1 unspecified atom stereocenters. The van der Waals surface area contributed by atoms with Gasteiger partial charge in [0.15, 0.2) is 5.78 Å². The summed E-state index contributed by atoms with van der Waals surface area (Å²) < 4.78 is 33.1. The summed E-state index contributed by atoms with van der Waals surface area (Å²) in [7, 11) is 3.57. The molecule has 312 valence electrons. The van der Waals surface area contributed by atoms with Crippen LogP contribution in [-0.2, 0) is 47.6 Å². The molecule has 14 heteroatoms. The monoisotopic (exact) mass is 785 g/mol. The van der Waals surface area contributed by atoms with E-state index in [0.717, 1.165) is 50.1 Å². The maximum Gasteiger partial charge on any atom is 0.330 e. The summed E-state index contributed by atoms with van der Waals surface area (Å²) in [5.41, 5.74) is -0.771. The molecule has 0 aliphatic carbocycles. The van der Waals surface area contributed by atoms with Crippen molar-refractivity contribution in [3.8, 4) is 0 Å². The van der Waals surface area contributed by atoms with Crippen molar-refractivity contribution in [3.63, 3.8) is 0 Å². The number of ketones is 1. The SMILES string of the molecule is C=CC(=O)OCC(CC)(COCC(CC)(COC(=O)C=C)COC(=O)CCN1CCN(c2ccc(C(=O)C(C)(C)N(C)CCOC)cc2)CC1)COC(=O)C=C. The van der Waals surface area contributed by atoms with Gasteiger partial charge in [0.25, 0.3) is 0 Å². The lowest BCUT2D eigenvalue weighted by Gasteiger charge is -2.36. The van der Waals surface area contributed by atoms with Crippen LogP contribution in [0.3, 0.4) is 0 Å². The number of esters is 4. The van der Waals surface area contributed by atoms with Gasteiger partial charge >= 0.3 is 23.9 Å². The molecule has 1 saturated heterocycles. The van der Waals surface area contributed by atoms with Crippen molar-refractivity contribution >= 4 is 35.3 Å². The largest absolute Gasteiger partial charge is 0.465 e. The molecule has 1 heterocycles. The molecule has 56 heavy (non-hydrogen) atoms. The van der Waals surface area contributed by atoms with E-state index in [9.17, 15) is 24.0 Å². The van der Waals surface area contributed by atoms with Crippen LogP contribution < -0.4 is 4.90 Å². The van der Waals surface area contributed by atoms with Crippen LogP contribution in [0, 0.1) is 10.8 Å². The van der Waals surface area contributed by atoms with Gasteiger partial charge in [-0.2, -0.15) is 0 Å². The molecule has 1 aliphatic heterocycles. The Balaban J connectivity index is 1.97. The van der Waals surface area contributed by atoms with Crippen LogP contribution >= 0.6 is 0 Å². The number of piperazine rings is 1. The van der Waals surface area contributed by atoms with E-state index in [2.05, 4.69) is 29.5 Å². The van der Waals surface area contributed by atoms with Crippen LogP contribution in [0.5, 0.6) is 0 Å². The molecule has 0 radical (unpaired) electrons. The fourth-order valence-corrected chi connectivity index (χ4v) is 5.84. The van der Waals surface area contributed by atoms with E-state index in [1.54, 1.807) is 7.11 Å². The molecule has 0 N–H and O–H groups in total. The van der Waals surface area contributed by atoms with Crippen molar-refractivity contribution in [3.05, 3.63) is 67.8 Å². The highest BCUT2D eigenvalue weighted by molar-refractivity contribution is 6.02. The van der Waals surface area contributed by atoms with E-state index in [1.807, 2.05) is 63.9 Å². The van der Waals surface area contributed by atoms with Crippen molar-refractivity contribution < 1.29 is 52.4 Å². The van der Waals surface area contributed by atoms with Crippen molar-refractivity contribution in [2.45, 2.75) is 52.5 Å². The van der Waals surface area contributed by atoms with Crippen molar-refractivity contribution in [1.29, 1.82) is 0 Å². The van der Waals surface area contributed by atoms with Crippen LogP contribution in [0.2, 0.25) is 0 Å². The lowest BCUT2D eigenvalue weighted by Crippen LogP contribution is -2.49. The second kappa shape index (κ2) is 23.6. The highest BCUT2D eigenvalue weighted by Gasteiger charge is 2.37. The van der Waals surface area contributed by atoms with Crippen molar-refractivity contribution in [1.82, 2.24) is 9.80 Å². The number of benzene rings is 1. The topological polar surface area (TPSA) is 150 Å². The molecule has 0 aromatic heterocycles. The zero-order valence-corrected chi connectivity index (χ0v) is 34.3. The highest BCUT2D eigenvalue weighted by atomic mass is 16.6. The first-order chi connectivity index (χ1) is 26.6. The predicted octanol–water partition coefficient (Wildman–Crippen LogP) is 4.28. The second-order valence-electron chi connectivity index (χ2n) is 14.7. The molecule has 14 nitrogen and oxygen atoms in total. The number of nitrogens with zero attached hydrogens (tertiary/aromatic N) is 3. The number of hydrogen-bond acceptors (Lipinski definition) is 14. The number of hydrogen-bond donors (Lipinski definition) is 0. The smallest absolute Gasteiger partial charge is 0.330 e. The van der Waals surface area contributed by atoms with E-state index in [-0.39, 0.29) is 51.8 Å². The number of Topliss-reactive ketones (excluding diaryl/α,β-unsaturated/α-hetero) is 1. The fraction of sp³-hybridized carbons (Fsp3) is 0.595. The number of carbonyl (C=O) groups excluding carboxylic acids is 5. The Morgan fingerprint density at radius 1 is 0.732 bits per heavy atom. The van der Waals surface area contributed by atoms with E-state index in [4.69, 9.17) is 28.4 Å². The zero-order valence-electron chi connectivity index (χ0n) is 34.3. The Kier molecular flexibility index (Phi) is 20.2. The molecule has 1 aromatic carbocycles. The van der Waals surface area contributed by atoms with E-state index in [0.29, 0.717) is 38.1 Å². The minimum atomic E-state index is -0.898. The van der Waals surface area contributed by atoms with Gasteiger partial charge in [0.1, 0.15) is 26.4 Å². The van der Waals surface area contributed by atoms with Gasteiger partial charge in [0.2, 0.25) is 0 Å². The lowest BCUT2D eigenvalue weighted by atomic mass is 9.86. The van der Waals surface area contributed by atoms with Crippen LogP contribution in [0.1, 0.15) is 57.3 Å².